The van der Waals surface area contributed by atoms with Crippen molar-refractivity contribution in [3.63, 3.8) is 0 Å². The Bertz CT molecular complexity index is 523. The number of halogens is 1. The average molecular weight is 283 g/mol. The molecule has 0 unspecified atom stereocenters. The van der Waals surface area contributed by atoms with E-state index < -0.39 is 4.92 Å². The number of nitriles is 1. The van der Waals surface area contributed by atoms with Crippen molar-refractivity contribution in [1.29, 1.82) is 5.26 Å². The number of hydrogen-bond donors (Lipinski definition) is 1. The first-order valence-corrected chi connectivity index (χ1v) is 6.06. The van der Waals surface area contributed by atoms with E-state index in [1.54, 1.807) is 5.01 Å². The van der Waals surface area contributed by atoms with Crippen LogP contribution < -0.4 is 5.43 Å². The molecule has 1 saturated heterocycles. The number of hydrogen-bond acceptors (Lipinski definition) is 7. The second-order valence-corrected chi connectivity index (χ2v) is 4.47. The van der Waals surface area contributed by atoms with Crippen molar-refractivity contribution in [3.05, 3.63) is 21.6 Å². The lowest BCUT2D eigenvalue weighted by Gasteiger charge is -2.29. The van der Waals surface area contributed by atoms with Crippen LogP contribution >= 0.6 is 11.6 Å². The van der Waals surface area contributed by atoms with E-state index in [0.717, 1.165) is 19.0 Å². The van der Waals surface area contributed by atoms with Gasteiger partial charge < -0.3 is 0 Å². The van der Waals surface area contributed by atoms with Gasteiger partial charge in [0, 0.05) is 19.0 Å². The van der Waals surface area contributed by atoms with Crippen molar-refractivity contribution < 1.29 is 4.92 Å². The lowest BCUT2D eigenvalue weighted by molar-refractivity contribution is -0.384. The molecular weight excluding hydrogens is 272 g/mol. The zero-order valence-corrected chi connectivity index (χ0v) is 10.7. The Morgan fingerprint density at radius 2 is 2.26 bits per heavy atom. The van der Waals surface area contributed by atoms with Crippen molar-refractivity contribution >= 4 is 23.1 Å². The molecule has 0 amide bonds. The molecule has 0 radical (unpaired) electrons. The molecule has 1 aliphatic rings. The number of hydrazine groups is 1. The molecule has 0 aliphatic carbocycles. The molecule has 19 heavy (non-hydrogen) atoms. The molecule has 1 aliphatic heterocycles. The molecule has 1 fully saturated rings. The summed E-state index contributed by atoms with van der Waals surface area (Å²) in [6.07, 6.45) is 2.51. The van der Waals surface area contributed by atoms with Gasteiger partial charge in [-0.2, -0.15) is 10.2 Å². The summed E-state index contributed by atoms with van der Waals surface area (Å²) in [6.45, 7) is 1.24. The summed E-state index contributed by atoms with van der Waals surface area (Å²) in [5.41, 5.74) is 2.63. The maximum absolute atomic E-state index is 10.9. The Hall–Kier alpha value is -1.98. The van der Waals surface area contributed by atoms with Gasteiger partial charge >= 0.3 is 5.69 Å². The van der Waals surface area contributed by atoms with E-state index in [2.05, 4.69) is 21.5 Å². The second kappa shape index (κ2) is 5.77. The zero-order valence-electron chi connectivity index (χ0n) is 9.91. The number of piperidine rings is 1. The molecule has 0 spiro atoms. The van der Waals surface area contributed by atoms with Crippen molar-refractivity contribution in [1.82, 2.24) is 15.0 Å². The number of nitro groups is 1. The van der Waals surface area contributed by atoms with E-state index >= 15 is 0 Å². The Morgan fingerprint density at radius 1 is 1.58 bits per heavy atom. The predicted octanol–water partition coefficient (Wildman–Crippen LogP) is 1.60. The highest BCUT2D eigenvalue weighted by molar-refractivity contribution is 6.28. The van der Waals surface area contributed by atoms with Crippen molar-refractivity contribution in [2.45, 2.75) is 12.8 Å². The normalized spacial score (nSPS) is 16.8. The van der Waals surface area contributed by atoms with Gasteiger partial charge in [-0.3, -0.25) is 15.5 Å². The van der Waals surface area contributed by atoms with Crippen LogP contribution in [0.1, 0.15) is 12.8 Å². The Kier molecular flexibility index (Phi) is 4.09. The van der Waals surface area contributed by atoms with Crippen LogP contribution in [0.15, 0.2) is 6.20 Å². The summed E-state index contributed by atoms with van der Waals surface area (Å²) >= 11 is 5.64. The highest BCUT2D eigenvalue weighted by Crippen LogP contribution is 2.24. The molecule has 2 rings (SSSR count). The maximum Gasteiger partial charge on any atom is 0.330 e. The molecule has 1 N–H and O–H groups in total. The van der Waals surface area contributed by atoms with Gasteiger partial charge in [-0.1, -0.05) is 0 Å². The molecule has 8 nitrogen and oxygen atoms in total. The van der Waals surface area contributed by atoms with Gasteiger partial charge in [-0.05, 0) is 24.4 Å². The third kappa shape index (κ3) is 3.27. The van der Waals surface area contributed by atoms with Crippen LogP contribution in [0.2, 0.25) is 5.28 Å². The summed E-state index contributed by atoms with van der Waals surface area (Å²) in [7, 11) is 0. The lowest BCUT2D eigenvalue weighted by Crippen LogP contribution is -2.38. The van der Waals surface area contributed by atoms with Gasteiger partial charge in [0.25, 0.3) is 0 Å². The highest BCUT2D eigenvalue weighted by Gasteiger charge is 2.23. The largest absolute Gasteiger partial charge is 0.330 e. The topological polar surface area (TPSA) is 108 Å². The van der Waals surface area contributed by atoms with Gasteiger partial charge in [-0.25, -0.2) is 9.99 Å². The van der Waals surface area contributed by atoms with Crippen molar-refractivity contribution in [2.75, 3.05) is 18.5 Å². The molecule has 9 heteroatoms. The minimum atomic E-state index is -0.569. The molecule has 0 aromatic carbocycles. The fraction of sp³-hybridized carbons (Fsp3) is 0.500. The van der Waals surface area contributed by atoms with Gasteiger partial charge in [-0.15, -0.1) is 0 Å². The SMILES string of the molecule is N#CC1CCN(Nc2nc(Cl)ncc2[N+](=O)[O-])CC1. The minimum Gasteiger partial charge on any atom is -0.297 e. The van der Waals surface area contributed by atoms with Gasteiger partial charge in [0.05, 0.1) is 11.0 Å². The third-order valence-corrected chi connectivity index (χ3v) is 3.06. The fourth-order valence-electron chi connectivity index (χ4n) is 1.84. The van der Waals surface area contributed by atoms with Crippen LogP contribution in [-0.2, 0) is 0 Å². The van der Waals surface area contributed by atoms with E-state index in [1.807, 2.05) is 0 Å². The molecule has 2 heterocycles. The van der Waals surface area contributed by atoms with Crippen LogP contribution in [0, 0.1) is 27.4 Å². The van der Waals surface area contributed by atoms with Crippen LogP contribution in [0.4, 0.5) is 11.5 Å². The second-order valence-electron chi connectivity index (χ2n) is 4.13. The van der Waals surface area contributed by atoms with E-state index in [4.69, 9.17) is 16.9 Å². The monoisotopic (exact) mass is 282 g/mol. The van der Waals surface area contributed by atoms with Crippen LogP contribution in [0.3, 0.4) is 0 Å². The van der Waals surface area contributed by atoms with Gasteiger partial charge in [0.2, 0.25) is 11.1 Å². The first-order chi connectivity index (χ1) is 9.10. The first-order valence-electron chi connectivity index (χ1n) is 5.68. The van der Waals surface area contributed by atoms with Gasteiger partial charge in [0.1, 0.15) is 6.20 Å². The highest BCUT2D eigenvalue weighted by atomic mass is 35.5. The number of anilines is 1. The quantitative estimate of drug-likeness (QED) is 0.509. The van der Waals surface area contributed by atoms with E-state index in [1.165, 1.54) is 0 Å². The lowest BCUT2D eigenvalue weighted by atomic mass is 10.00. The summed E-state index contributed by atoms with van der Waals surface area (Å²) in [6, 6.07) is 2.22. The maximum atomic E-state index is 10.9. The van der Waals surface area contributed by atoms with Crippen LogP contribution in [-0.4, -0.2) is 33.0 Å². The predicted molar refractivity (Wildman–Crippen MR) is 67.2 cm³/mol. The summed E-state index contributed by atoms with van der Waals surface area (Å²) in [5.74, 6) is 0.113. The molecule has 1 aromatic heterocycles. The standard InChI is InChI=1S/C10H11ClN6O2/c11-10-13-6-8(17(18)19)9(14-10)15-16-3-1-7(5-12)2-4-16/h6-7H,1-4H2,(H,13,14,15). The van der Waals surface area contributed by atoms with Crippen molar-refractivity contribution in [2.24, 2.45) is 5.92 Å². The van der Waals surface area contributed by atoms with E-state index in [-0.39, 0.29) is 22.7 Å². The minimum absolute atomic E-state index is 0.0435. The molecule has 100 valence electrons. The zero-order chi connectivity index (χ0) is 13.8. The number of nitrogens with one attached hydrogen (secondary N) is 1. The average Bonchev–Trinajstić information content (AvgIpc) is 2.39. The fourth-order valence-corrected chi connectivity index (χ4v) is 1.97. The van der Waals surface area contributed by atoms with Crippen LogP contribution in [0.25, 0.3) is 0 Å². The molecule has 0 bridgehead atoms. The molecule has 0 atom stereocenters. The van der Waals surface area contributed by atoms with E-state index in [9.17, 15) is 10.1 Å². The Morgan fingerprint density at radius 3 is 2.84 bits per heavy atom. The van der Waals surface area contributed by atoms with Gasteiger partial charge in [0.15, 0.2) is 0 Å². The van der Waals surface area contributed by atoms with E-state index in [0.29, 0.717) is 13.1 Å². The third-order valence-electron chi connectivity index (χ3n) is 2.88. The number of rotatable bonds is 3. The van der Waals surface area contributed by atoms with Crippen LogP contribution in [0.5, 0.6) is 0 Å². The first kappa shape index (κ1) is 13.5. The summed E-state index contributed by atoms with van der Waals surface area (Å²) in [4.78, 5) is 17.7. The number of aromatic nitrogens is 2. The van der Waals surface area contributed by atoms with Crippen molar-refractivity contribution in [3.8, 4) is 6.07 Å². The molecular formula is C10H11ClN6O2. The summed E-state index contributed by atoms with van der Waals surface area (Å²) < 4.78 is 0. The summed E-state index contributed by atoms with van der Waals surface area (Å²) in [5, 5.41) is 21.4. The Labute approximate surface area is 114 Å². The molecule has 0 saturated carbocycles. The molecule has 1 aromatic rings. The smallest absolute Gasteiger partial charge is 0.297 e. The number of nitrogens with zero attached hydrogens (tertiary/aromatic N) is 5. The Balaban J connectivity index is 2.09.